The Hall–Kier alpha value is -0.910. The number of nitrogens with one attached hydrogen (secondary N) is 1. The molecule has 1 aliphatic heterocycles. The molecule has 0 radical (unpaired) electrons. The van der Waals surface area contributed by atoms with Crippen molar-refractivity contribution in [3.05, 3.63) is 17.7 Å². The molecular formula is C16H25NO3S. The van der Waals surface area contributed by atoms with Crippen LogP contribution < -0.4 is 14.8 Å². The van der Waals surface area contributed by atoms with Crippen LogP contribution in [0.25, 0.3) is 0 Å². The first-order chi connectivity index (χ1) is 10.1. The fraction of sp³-hybridized carbons (Fsp3) is 0.625. The molecule has 1 unspecified atom stereocenters. The van der Waals surface area contributed by atoms with Crippen LogP contribution in [0.3, 0.4) is 0 Å². The maximum absolute atomic E-state index is 9.21. The van der Waals surface area contributed by atoms with Crippen LogP contribution in [0, 0.1) is 0 Å². The molecule has 0 saturated heterocycles. The van der Waals surface area contributed by atoms with Gasteiger partial charge < -0.3 is 19.9 Å². The molecule has 0 fully saturated rings. The van der Waals surface area contributed by atoms with Gasteiger partial charge in [-0.1, -0.05) is 6.92 Å². The van der Waals surface area contributed by atoms with Gasteiger partial charge >= 0.3 is 0 Å². The fourth-order valence-electron chi connectivity index (χ4n) is 2.39. The minimum atomic E-state index is -0.0440. The SMILES string of the molecule is CCC(C)(CCO)NCc1cc2c(cc1SC)OCCO2. The second-order valence-electron chi connectivity index (χ2n) is 5.55. The van der Waals surface area contributed by atoms with Gasteiger partial charge in [0.15, 0.2) is 11.5 Å². The van der Waals surface area contributed by atoms with Gasteiger partial charge in [0, 0.05) is 23.6 Å². The summed E-state index contributed by atoms with van der Waals surface area (Å²) < 4.78 is 11.3. The third-order valence-electron chi connectivity index (χ3n) is 4.09. The van der Waals surface area contributed by atoms with E-state index in [0.29, 0.717) is 13.2 Å². The Morgan fingerprint density at radius 2 is 1.95 bits per heavy atom. The molecule has 1 atom stereocenters. The van der Waals surface area contributed by atoms with Gasteiger partial charge in [-0.25, -0.2) is 0 Å². The minimum absolute atomic E-state index is 0.0440. The number of rotatable bonds is 7. The zero-order valence-corrected chi connectivity index (χ0v) is 13.9. The Morgan fingerprint density at radius 1 is 1.29 bits per heavy atom. The molecule has 4 nitrogen and oxygen atoms in total. The Balaban J connectivity index is 2.15. The Bertz CT molecular complexity index is 481. The molecule has 2 rings (SSSR count). The van der Waals surface area contributed by atoms with Crippen molar-refractivity contribution in [2.75, 3.05) is 26.1 Å². The lowest BCUT2D eigenvalue weighted by atomic mass is 9.94. The van der Waals surface area contributed by atoms with E-state index in [1.54, 1.807) is 11.8 Å². The van der Waals surface area contributed by atoms with E-state index in [1.807, 2.05) is 0 Å². The zero-order valence-electron chi connectivity index (χ0n) is 13.1. The van der Waals surface area contributed by atoms with Gasteiger partial charge in [0.05, 0.1) is 0 Å². The van der Waals surface area contributed by atoms with Crippen molar-refractivity contribution >= 4 is 11.8 Å². The summed E-state index contributed by atoms with van der Waals surface area (Å²) in [5.74, 6) is 1.67. The highest BCUT2D eigenvalue weighted by Crippen LogP contribution is 2.36. The minimum Gasteiger partial charge on any atom is -0.486 e. The van der Waals surface area contributed by atoms with Crippen LogP contribution in [0.1, 0.15) is 32.3 Å². The van der Waals surface area contributed by atoms with Crippen LogP contribution >= 0.6 is 11.8 Å². The van der Waals surface area contributed by atoms with Crippen LogP contribution in [0.15, 0.2) is 17.0 Å². The number of hydrogen-bond acceptors (Lipinski definition) is 5. The molecule has 0 amide bonds. The van der Waals surface area contributed by atoms with Crippen molar-refractivity contribution in [2.45, 2.75) is 43.7 Å². The van der Waals surface area contributed by atoms with E-state index in [2.05, 4.69) is 37.6 Å². The normalized spacial score (nSPS) is 16.6. The number of ether oxygens (including phenoxy) is 2. The molecule has 1 aliphatic rings. The number of aliphatic hydroxyl groups excluding tert-OH is 1. The van der Waals surface area contributed by atoms with Gasteiger partial charge in [0.25, 0.3) is 0 Å². The molecule has 0 aliphatic carbocycles. The molecular weight excluding hydrogens is 286 g/mol. The van der Waals surface area contributed by atoms with Crippen LogP contribution in [0.4, 0.5) is 0 Å². The van der Waals surface area contributed by atoms with Crippen LogP contribution in [-0.2, 0) is 6.54 Å². The van der Waals surface area contributed by atoms with Gasteiger partial charge in [-0.05, 0) is 43.7 Å². The molecule has 1 aromatic rings. The summed E-state index contributed by atoms with van der Waals surface area (Å²) >= 11 is 1.71. The van der Waals surface area contributed by atoms with E-state index in [-0.39, 0.29) is 12.1 Å². The quantitative estimate of drug-likeness (QED) is 0.758. The molecule has 118 valence electrons. The number of benzene rings is 1. The van der Waals surface area contributed by atoms with Crippen molar-refractivity contribution in [1.82, 2.24) is 5.32 Å². The first-order valence-corrected chi connectivity index (χ1v) is 8.66. The summed E-state index contributed by atoms with van der Waals surface area (Å²) in [6, 6.07) is 4.13. The summed E-state index contributed by atoms with van der Waals surface area (Å²) in [7, 11) is 0. The first-order valence-electron chi connectivity index (χ1n) is 7.44. The third-order valence-corrected chi connectivity index (χ3v) is 4.91. The Labute approximate surface area is 131 Å². The second kappa shape index (κ2) is 7.38. The maximum Gasteiger partial charge on any atom is 0.162 e. The van der Waals surface area contributed by atoms with Gasteiger partial charge in [0.1, 0.15) is 13.2 Å². The highest BCUT2D eigenvalue weighted by molar-refractivity contribution is 7.98. The molecule has 21 heavy (non-hydrogen) atoms. The highest BCUT2D eigenvalue weighted by Gasteiger charge is 2.22. The standard InChI is InChI=1S/C16H25NO3S/c1-4-16(2,5-6-18)17-11-12-9-13-14(10-15(12)21-3)20-8-7-19-13/h9-10,17-18H,4-8,11H2,1-3H3. The smallest absolute Gasteiger partial charge is 0.162 e. The Morgan fingerprint density at radius 3 is 2.52 bits per heavy atom. The predicted octanol–water partition coefficient (Wildman–Crippen LogP) is 2.82. The van der Waals surface area contributed by atoms with Crippen molar-refractivity contribution in [3.8, 4) is 11.5 Å². The van der Waals surface area contributed by atoms with Crippen molar-refractivity contribution < 1.29 is 14.6 Å². The summed E-state index contributed by atoms with van der Waals surface area (Å²) in [5.41, 5.74) is 1.17. The number of fused-ring (bicyclic) bond motifs is 1. The predicted molar refractivity (Wildman–Crippen MR) is 86.5 cm³/mol. The van der Waals surface area contributed by atoms with Crippen LogP contribution in [-0.4, -0.2) is 36.7 Å². The van der Waals surface area contributed by atoms with Gasteiger partial charge in [-0.2, -0.15) is 0 Å². The van der Waals surface area contributed by atoms with Crippen molar-refractivity contribution in [2.24, 2.45) is 0 Å². The van der Waals surface area contributed by atoms with Gasteiger partial charge in [-0.3, -0.25) is 0 Å². The number of thioether (sulfide) groups is 1. The monoisotopic (exact) mass is 311 g/mol. The average Bonchev–Trinajstić information content (AvgIpc) is 2.52. The molecule has 1 heterocycles. The lowest BCUT2D eigenvalue weighted by molar-refractivity contribution is 0.170. The fourth-order valence-corrected chi connectivity index (χ4v) is 3.00. The molecule has 0 bridgehead atoms. The highest BCUT2D eigenvalue weighted by atomic mass is 32.2. The van der Waals surface area contributed by atoms with Crippen molar-refractivity contribution in [3.63, 3.8) is 0 Å². The zero-order chi connectivity index (χ0) is 15.3. The van der Waals surface area contributed by atoms with E-state index in [0.717, 1.165) is 30.9 Å². The lowest BCUT2D eigenvalue weighted by Gasteiger charge is -2.30. The summed E-state index contributed by atoms with van der Waals surface area (Å²) in [6.07, 6.45) is 3.80. The van der Waals surface area contributed by atoms with Crippen molar-refractivity contribution in [1.29, 1.82) is 0 Å². The van der Waals surface area contributed by atoms with E-state index >= 15 is 0 Å². The topological polar surface area (TPSA) is 50.7 Å². The second-order valence-corrected chi connectivity index (χ2v) is 6.40. The summed E-state index contributed by atoms with van der Waals surface area (Å²) in [4.78, 5) is 1.20. The van der Waals surface area contributed by atoms with Crippen LogP contribution in [0.2, 0.25) is 0 Å². The summed E-state index contributed by atoms with van der Waals surface area (Å²) in [6.45, 7) is 6.48. The van der Waals surface area contributed by atoms with E-state index < -0.39 is 0 Å². The maximum atomic E-state index is 9.21. The molecule has 0 aromatic heterocycles. The van der Waals surface area contributed by atoms with E-state index in [1.165, 1.54) is 10.5 Å². The number of aliphatic hydroxyl groups is 1. The average molecular weight is 311 g/mol. The third kappa shape index (κ3) is 4.05. The molecule has 0 saturated carbocycles. The van der Waals surface area contributed by atoms with E-state index in [9.17, 15) is 5.11 Å². The number of hydrogen-bond donors (Lipinski definition) is 2. The first kappa shape index (κ1) is 16.5. The summed E-state index contributed by atoms with van der Waals surface area (Å²) in [5, 5.41) is 12.8. The van der Waals surface area contributed by atoms with Crippen LogP contribution in [0.5, 0.6) is 11.5 Å². The molecule has 5 heteroatoms. The Kier molecular flexibility index (Phi) is 5.79. The van der Waals surface area contributed by atoms with Gasteiger partial charge in [0.2, 0.25) is 0 Å². The van der Waals surface area contributed by atoms with E-state index in [4.69, 9.17) is 9.47 Å². The lowest BCUT2D eigenvalue weighted by Crippen LogP contribution is -2.42. The largest absolute Gasteiger partial charge is 0.486 e. The molecule has 1 aromatic carbocycles. The molecule has 0 spiro atoms. The van der Waals surface area contributed by atoms with Gasteiger partial charge in [-0.15, -0.1) is 11.8 Å². The molecule has 2 N–H and O–H groups in total.